The lowest BCUT2D eigenvalue weighted by atomic mass is 9.94. The van der Waals surface area contributed by atoms with Crippen LogP contribution in [0.4, 0.5) is 4.39 Å². The van der Waals surface area contributed by atoms with Crippen LogP contribution in [0.1, 0.15) is 0 Å². The van der Waals surface area contributed by atoms with Crippen molar-refractivity contribution in [1.29, 1.82) is 0 Å². The van der Waals surface area contributed by atoms with Gasteiger partial charge in [-0.1, -0.05) is 109 Å². The first-order chi connectivity index (χ1) is 27.1. The number of hydrogen-bond donors (Lipinski definition) is 0. The molecule has 55 heavy (non-hydrogen) atoms. The van der Waals surface area contributed by atoms with E-state index in [1.165, 1.54) is 26.9 Å². The summed E-state index contributed by atoms with van der Waals surface area (Å²) in [5.41, 5.74) is 8.39. The first kappa shape index (κ1) is 31.5. The summed E-state index contributed by atoms with van der Waals surface area (Å²) < 4.78 is 23.6. The molecule has 11 aromatic rings. The number of hydrogen-bond acceptors (Lipinski definition) is 5. The Kier molecular flexibility index (Phi) is 7.19. The molecule has 0 aliphatic heterocycles. The molecule has 0 amide bonds. The average molecular weight is 726 g/mol. The van der Waals surface area contributed by atoms with Crippen LogP contribution < -0.4 is 0 Å². The van der Waals surface area contributed by atoms with Crippen LogP contribution in [0.15, 0.2) is 174 Å². The number of aromatic nitrogens is 3. The van der Waals surface area contributed by atoms with E-state index in [2.05, 4.69) is 127 Å². The predicted octanol–water partition coefficient (Wildman–Crippen LogP) is 13.8. The van der Waals surface area contributed by atoms with E-state index in [1.54, 1.807) is 17.4 Å². The van der Waals surface area contributed by atoms with Gasteiger partial charge < -0.3 is 4.42 Å². The van der Waals surface area contributed by atoms with Gasteiger partial charge in [-0.3, -0.25) is 0 Å². The first-order valence-electron chi connectivity index (χ1n) is 18.1. The van der Waals surface area contributed by atoms with Crippen molar-refractivity contribution in [2.75, 3.05) is 0 Å². The minimum atomic E-state index is -0.348. The molecular weight excluding hydrogens is 698 g/mol. The molecule has 0 bridgehead atoms. The second-order valence-electron chi connectivity index (χ2n) is 13.7. The van der Waals surface area contributed by atoms with Crippen molar-refractivity contribution < 1.29 is 8.81 Å². The Balaban J connectivity index is 1.09. The molecule has 8 aromatic carbocycles. The summed E-state index contributed by atoms with van der Waals surface area (Å²) in [6.07, 6.45) is 0. The molecule has 6 heteroatoms. The highest BCUT2D eigenvalue weighted by Crippen LogP contribution is 2.42. The third-order valence-corrected chi connectivity index (χ3v) is 11.5. The number of furan rings is 1. The highest BCUT2D eigenvalue weighted by Gasteiger charge is 2.18. The molecule has 0 aliphatic carbocycles. The molecule has 0 aliphatic rings. The Bertz CT molecular complexity index is 3290. The van der Waals surface area contributed by atoms with Crippen molar-refractivity contribution in [3.05, 3.63) is 176 Å². The topological polar surface area (TPSA) is 51.8 Å². The van der Waals surface area contributed by atoms with Crippen LogP contribution in [-0.2, 0) is 0 Å². The van der Waals surface area contributed by atoms with E-state index < -0.39 is 0 Å². The average Bonchev–Trinajstić information content (AvgIpc) is 3.81. The maximum absolute atomic E-state index is 14.6. The van der Waals surface area contributed by atoms with Crippen molar-refractivity contribution in [3.63, 3.8) is 0 Å². The van der Waals surface area contributed by atoms with Gasteiger partial charge in [-0.25, -0.2) is 19.3 Å². The predicted molar refractivity (Wildman–Crippen MR) is 225 cm³/mol. The van der Waals surface area contributed by atoms with Crippen LogP contribution in [0.3, 0.4) is 0 Å². The lowest BCUT2D eigenvalue weighted by molar-refractivity contribution is 0.628. The molecule has 0 saturated heterocycles. The van der Waals surface area contributed by atoms with Gasteiger partial charge in [-0.15, -0.1) is 11.3 Å². The highest BCUT2D eigenvalue weighted by atomic mass is 32.1. The summed E-state index contributed by atoms with van der Waals surface area (Å²) >= 11 is 1.77. The molecule has 258 valence electrons. The van der Waals surface area contributed by atoms with Gasteiger partial charge in [0.25, 0.3) is 0 Å². The van der Waals surface area contributed by atoms with Crippen molar-refractivity contribution in [3.8, 4) is 56.4 Å². The zero-order valence-corrected chi connectivity index (χ0v) is 30.0. The van der Waals surface area contributed by atoms with Crippen LogP contribution in [0.5, 0.6) is 0 Å². The molecule has 0 spiro atoms. The minimum absolute atomic E-state index is 0.348. The summed E-state index contributed by atoms with van der Waals surface area (Å²) in [7, 11) is 0. The fourth-order valence-corrected chi connectivity index (χ4v) is 8.82. The highest BCUT2D eigenvalue weighted by molar-refractivity contribution is 7.25. The largest absolute Gasteiger partial charge is 0.455 e. The number of thiophene rings is 1. The van der Waals surface area contributed by atoms with Crippen molar-refractivity contribution >= 4 is 64.2 Å². The van der Waals surface area contributed by atoms with Gasteiger partial charge in [-0.05, 0) is 88.3 Å². The quantitative estimate of drug-likeness (QED) is 0.177. The molecular formula is C49H28FN3OS. The van der Waals surface area contributed by atoms with Gasteiger partial charge >= 0.3 is 0 Å². The Hall–Kier alpha value is -7.02. The molecule has 4 nitrogen and oxygen atoms in total. The lowest BCUT2D eigenvalue weighted by Crippen LogP contribution is -2.00. The Labute approximate surface area is 318 Å². The van der Waals surface area contributed by atoms with Crippen LogP contribution in [0.2, 0.25) is 0 Å². The summed E-state index contributed by atoms with van der Waals surface area (Å²) in [4.78, 5) is 15.0. The van der Waals surface area contributed by atoms with E-state index in [0.717, 1.165) is 71.5 Å². The van der Waals surface area contributed by atoms with E-state index in [-0.39, 0.29) is 5.82 Å². The van der Waals surface area contributed by atoms with Crippen LogP contribution in [0, 0.1) is 5.82 Å². The van der Waals surface area contributed by atoms with Crippen LogP contribution in [-0.4, -0.2) is 15.0 Å². The zero-order chi connectivity index (χ0) is 36.5. The summed E-state index contributed by atoms with van der Waals surface area (Å²) in [5.74, 6) is 1.09. The molecule has 3 aromatic heterocycles. The van der Waals surface area contributed by atoms with Gasteiger partial charge in [0.05, 0.1) is 0 Å². The smallest absolute Gasteiger partial charge is 0.164 e. The van der Waals surface area contributed by atoms with Crippen LogP contribution >= 0.6 is 11.3 Å². The Morgan fingerprint density at radius 1 is 0.382 bits per heavy atom. The van der Waals surface area contributed by atoms with Crippen molar-refractivity contribution in [2.45, 2.75) is 0 Å². The number of nitrogens with zero attached hydrogens (tertiary/aromatic N) is 3. The van der Waals surface area contributed by atoms with E-state index in [0.29, 0.717) is 23.0 Å². The lowest BCUT2D eigenvalue weighted by Gasteiger charge is -2.11. The van der Waals surface area contributed by atoms with Crippen LogP contribution in [0.25, 0.3) is 109 Å². The number of halogens is 1. The maximum atomic E-state index is 14.6. The summed E-state index contributed by atoms with van der Waals surface area (Å²) in [6, 6.07) is 57.0. The van der Waals surface area contributed by atoms with Gasteiger partial charge in [-0.2, -0.15) is 0 Å². The molecule has 0 saturated carbocycles. The number of benzene rings is 8. The van der Waals surface area contributed by atoms with E-state index in [9.17, 15) is 4.39 Å². The van der Waals surface area contributed by atoms with E-state index in [1.807, 2.05) is 24.3 Å². The van der Waals surface area contributed by atoms with Gasteiger partial charge in [0, 0.05) is 53.0 Å². The second-order valence-corrected chi connectivity index (χ2v) is 14.8. The van der Waals surface area contributed by atoms with Crippen molar-refractivity contribution in [1.82, 2.24) is 15.0 Å². The summed E-state index contributed by atoms with van der Waals surface area (Å²) in [5, 5.41) is 6.60. The van der Waals surface area contributed by atoms with E-state index >= 15 is 0 Å². The normalized spacial score (nSPS) is 11.7. The fourth-order valence-electron chi connectivity index (χ4n) is 7.73. The molecule has 0 radical (unpaired) electrons. The fraction of sp³-hybridized carbons (Fsp3) is 0. The van der Waals surface area contributed by atoms with Gasteiger partial charge in [0.15, 0.2) is 17.5 Å². The Morgan fingerprint density at radius 2 is 0.982 bits per heavy atom. The summed E-state index contributed by atoms with van der Waals surface area (Å²) in [6.45, 7) is 0. The third kappa shape index (κ3) is 5.38. The number of fused-ring (bicyclic) bond motifs is 8. The Morgan fingerprint density at radius 3 is 1.78 bits per heavy atom. The third-order valence-electron chi connectivity index (χ3n) is 10.4. The molecule has 11 rings (SSSR count). The molecule has 0 fully saturated rings. The standard InChI is InChI=1S/C49H28FN3OS/c50-35-15-9-14-33(25-35)48-51-47(52-49(53-48)34-21-23-45-41(27-34)37-17-6-7-19-44(37)55-45)32-13-8-12-31(24-32)39-28-42-40-26-30(29-10-2-1-3-11-29)20-22-43(40)54-46(42)38-18-5-4-16-36(38)39/h1-28H. The van der Waals surface area contributed by atoms with Gasteiger partial charge in [0.1, 0.15) is 17.0 Å². The molecule has 3 heterocycles. The minimum Gasteiger partial charge on any atom is -0.455 e. The molecule has 0 N–H and O–H groups in total. The number of rotatable bonds is 5. The van der Waals surface area contributed by atoms with Crippen molar-refractivity contribution in [2.24, 2.45) is 0 Å². The molecule has 0 atom stereocenters. The molecule has 0 unspecified atom stereocenters. The first-order valence-corrected chi connectivity index (χ1v) is 18.9. The van der Waals surface area contributed by atoms with E-state index in [4.69, 9.17) is 19.4 Å². The van der Waals surface area contributed by atoms with Gasteiger partial charge in [0.2, 0.25) is 0 Å². The monoisotopic (exact) mass is 725 g/mol. The zero-order valence-electron chi connectivity index (χ0n) is 29.2. The second kappa shape index (κ2) is 12.5. The maximum Gasteiger partial charge on any atom is 0.164 e. The SMILES string of the molecule is Fc1cccc(-c2nc(-c3cccc(-c4cc5c6cc(-c7ccccc7)ccc6oc5c5ccccc45)c3)nc(-c3ccc4sc5ccccc5c4c3)n2)c1.